The Morgan fingerprint density at radius 3 is 2.14 bits per heavy atom. The van der Waals surface area contributed by atoms with E-state index >= 15 is 0 Å². The molecule has 11 heteroatoms. The van der Waals surface area contributed by atoms with Crippen LogP contribution in [0.3, 0.4) is 0 Å². The molecule has 3 aromatic rings. The van der Waals surface area contributed by atoms with Crippen LogP contribution in [0.1, 0.15) is 21.8 Å². The van der Waals surface area contributed by atoms with E-state index in [1.807, 2.05) is 4.72 Å². The van der Waals surface area contributed by atoms with Crippen molar-refractivity contribution >= 4 is 15.9 Å². The van der Waals surface area contributed by atoms with E-state index in [4.69, 9.17) is 4.52 Å². The molecular weight excluding hydrogens is 399 g/mol. The van der Waals surface area contributed by atoms with E-state index in [1.54, 1.807) is 6.92 Å². The molecule has 0 unspecified atom stereocenters. The lowest BCUT2D eigenvalue weighted by Crippen LogP contribution is -2.30. The van der Waals surface area contributed by atoms with E-state index < -0.39 is 32.6 Å². The van der Waals surface area contributed by atoms with Crippen molar-refractivity contribution in [1.29, 1.82) is 0 Å². The van der Waals surface area contributed by atoms with Gasteiger partial charge in [-0.2, -0.15) is 18.2 Å². The normalized spacial score (nSPS) is 12.0. The predicted molar refractivity (Wildman–Crippen MR) is 90.6 cm³/mol. The summed E-state index contributed by atoms with van der Waals surface area (Å²) in [5.74, 6) is -0.267. The van der Waals surface area contributed by atoms with E-state index in [2.05, 4.69) is 10.1 Å². The summed E-state index contributed by atoms with van der Waals surface area (Å²) in [5.41, 5.74) is -0.413. The van der Waals surface area contributed by atoms with E-state index in [-0.39, 0.29) is 5.56 Å². The third-order valence-corrected chi connectivity index (χ3v) is 5.00. The molecule has 1 N–H and O–H groups in total. The van der Waals surface area contributed by atoms with Gasteiger partial charge in [0, 0.05) is 18.1 Å². The van der Waals surface area contributed by atoms with Gasteiger partial charge in [-0.25, -0.2) is 13.1 Å². The lowest BCUT2D eigenvalue weighted by Gasteiger charge is -2.09. The van der Waals surface area contributed by atoms with Gasteiger partial charge in [0.25, 0.3) is 15.9 Å². The van der Waals surface area contributed by atoms with Gasteiger partial charge < -0.3 is 4.52 Å². The minimum Gasteiger partial charge on any atom is -0.339 e. The van der Waals surface area contributed by atoms with Crippen molar-refractivity contribution in [3.63, 3.8) is 0 Å². The molecule has 3 rings (SSSR count). The molecule has 1 heterocycles. The van der Waals surface area contributed by atoms with Gasteiger partial charge in [-0.15, -0.1) is 0 Å². The van der Waals surface area contributed by atoms with Crippen LogP contribution in [0.15, 0.2) is 57.9 Å². The molecule has 0 saturated carbocycles. The van der Waals surface area contributed by atoms with Crippen LogP contribution in [0.2, 0.25) is 0 Å². The number of halogens is 3. The minimum atomic E-state index is -4.59. The van der Waals surface area contributed by atoms with E-state index in [1.165, 1.54) is 24.3 Å². The lowest BCUT2D eigenvalue weighted by molar-refractivity contribution is -0.137. The van der Waals surface area contributed by atoms with Crippen LogP contribution in [0.25, 0.3) is 11.4 Å². The van der Waals surface area contributed by atoms with Gasteiger partial charge in [0.05, 0.1) is 10.5 Å². The first-order valence-electron chi connectivity index (χ1n) is 7.71. The Balaban J connectivity index is 1.76. The number of amides is 1. The number of carbonyl (C=O) groups is 1. The van der Waals surface area contributed by atoms with Crippen molar-refractivity contribution in [2.75, 3.05) is 0 Å². The summed E-state index contributed by atoms with van der Waals surface area (Å²) >= 11 is 0. The minimum absolute atomic E-state index is 0.0273. The Labute approximate surface area is 157 Å². The highest BCUT2D eigenvalue weighted by atomic mass is 32.2. The molecule has 0 radical (unpaired) electrons. The van der Waals surface area contributed by atoms with Gasteiger partial charge in [-0.3, -0.25) is 4.79 Å². The van der Waals surface area contributed by atoms with Crippen molar-refractivity contribution in [1.82, 2.24) is 14.9 Å². The molecule has 0 aliphatic heterocycles. The second-order valence-electron chi connectivity index (χ2n) is 5.67. The average molecular weight is 411 g/mol. The zero-order valence-electron chi connectivity index (χ0n) is 14.2. The van der Waals surface area contributed by atoms with Crippen molar-refractivity contribution in [3.05, 3.63) is 65.5 Å². The molecule has 0 atom stereocenters. The van der Waals surface area contributed by atoms with E-state index in [0.29, 0.717) is 29.4 Å². The quantitative estimate of drug-likeness (QED) is 0.708. The Bertz CT molecular complexity index is 1110. The number of rotatable bonds is 4. The van der Waals surface area contributed by atoms with Crippen molar-refractivity contribution in [3.8, 4) is 11.4 Å². The Morgan fingerprint density at radius 2 is 1.64 bits per heavy atom. The summed E-state index contributed by atoms with van der Waals surface area (Å²) in [6.45, 7) is 1.62. The topological polar surface area (TPSA) is 102 Å². The maximum atomic E-state index is 12.6. The Hall–Kier alpha value is -3.21. The lowest BCUT2D eigenvalue weighted by atomic mass is 10.1. The summed E-state index contributed by atoms with van der Waals surface area (Å²) in [5, 5.41) is 3.72. The molecule has 0 saturated heterocycles. The third-order valence-electron chi connectivity index (χ3n) is 3.65. The molecule has 1 aromatic heterocycles. The number of hydrogen-bond acceptors (Lipinski definition) is 6. The molecule has 0 aliphatic carbocycles. The number of benzene rings is 2. The van der Waals surface area contributed by atoms with Gasteiger partial charge in [-0.05, 0) is 36.4 Å². The molecule has 28 heavy (non-hydrogen) atoms. The number of nitrogens with zero attached hydrogens (tertiary/aromatic N) is 2. The van der Waals surface area contributed by atoms with Gasteiger partial charge in [0.1, 0.15) is 0 Å². The van der Waals surface area contributed by atoms with Gasteiger partial charge in [0.15, 0.2) is 0 Å². The van der Waals surface area contributed by atoms with Crippen molar-refractivity contribution in [2.24, 2.45) is 0 Å². The summed E-state index contributed by atoms with van der Waals surface area (Å²) in [6, 6.07) is 8.53. The van der Waals surface area contributed by atoms with Crippen LogP contribution in [-0.4, -0.2) is 24.5 Å². The number of aromatic nitrogens is 2. The first-order chi connectivity index (χ1) is 13.1. The fraction of sp³-hybridized carbons (Fsp3) is 0.118. The first-order valence-corrected chi connectivity index (χ1v) is 9.20. The molecule has 2 aromatic carbocycles. The zero-order chi connectivity index (χ0) is 20.5. The van der Waals surface area contributed by atoms with Crippen LogP contribution in [0.4, 0.5) is 13.2 Å². The largest absolute Gasteiger partial charge is 0.416 e. The van der Waals surface area contributed by atoms with Gasteiger partial charge in [-0.1, -0.05) is 17.3 Å². The second-order valence-corrected chi connectivity index (χ2v) is 7.35. The third kappa shape index (κ3) is 4.19. The smallest absolute Gasteiger partial charge is 0.339 e. The molecule has 146 valence electrons. The molecule has 7 nitrogen and oxygen atoms in total. The van der Waals surface area contributed by atoms with Crippen LogP contribution in [0.5, 0.6) is 0 Å². The van der Waals surface area contributed by atoms with Crippen LogP contribution in [0, 0.1) is 6.92 Å². The number of aryl methyl sites for hydroxylation is 1. The predicted octanol–water partition coefficient (Wildman–Crippen LogP) is 3.18. The highest BCUT2D eigenvalue weighted by molar-refractivity contribution is 7.90. The first kappa shape index (κ1) is 19.5. The Kier molecular flexibility index (Phi) is 4.94. The summed E-state index contributed by atoms with van der Waals surface area (Å²) < 4.78 is 68.8. The molecular formula is C17H12F3N3O4S. The molecule has 1 amide bonds. The number of sulfonamides is 1. The highest BCUT2D eigenvalue weighted by Gasteiger charge is 2.30. The maximum Gasteiger partial charge on any atom is 0.416 e. The second kappa shape index (κ2) is 7.08. The Morgan fingerprint density at radius 1 is 1.04 bits per heavy atom. The summed E-state index contributed by atoms with van der Waals surface area (Å²) in [6.07, 6.45) is -4.59. The van der Waals surface area contributed by atoms with Crippen molar-refractivity contribution in [2.45, 2.75) is 18.0 Å². The van der Waals surface area contributed by atoms with Gasteiger partial charge in [0.2, 0.25) is 11.7 Å². The van der Waals surface area contributed by atoms with Crippen LogP contribution in [-0.2, 0) is 16.2 Å². The molecule has 0 fully saturated rings. The van der Waals surface area contributed by atoms with Gasteiger partial charge >= 0.3 is 6.18 Å². The zero-order valence-corrected chi connectivity index (χ0v) is 15.0. The van der Waals surface area contributed by atoms with Crippen LogP contribution >= 0.6 is 0 Å². The van der Waals surface area contributed by atoms with Crippen molar-refractivity contribution < 1.29 is 30.9 Å². The monoisotopic (exact) mass is 411 g/mol. The number of nitrogens with one attached hydrogen (secondary N) is 1. The number of alkyl halides is 3. The SMILES string of the molecule is Cc1nc(-c2ccc(C(=O)NS(=O)(=O)c3ccc(C(F)(F)F)cc3)cc2)no1. The maximum absolute atomic E-state index is 12.6. The number of hydrogen-bond donors (Lipinski definition) is 1. The molecule has 0 bridgehead atoms. The fourth-order valence-corrected chi connectivity index (χ4v) is 3.22. The van der Waals surface area contributed by atoms with E-state index in [9.17, 15) is 26.4 Å². The molecule has 0 aliphatic rings. The molecule has 0 spiro atoms. The fourth-order valence-electron chi connectivity index (χ4n) is 2.25. The standard InChI is InChI=1S/C17H12F3N3O4S/c1-10-21-15(22-27-10)11-2-4-12(5-3-11)16(24)23-28(25,26)14-8-6-13(7-9-14)17(18,19)20/h2-9H,1H3,(H,23,24). The summed E-state index contributed by atoms with van der Waals surface area (Å²) in [4.78, 5) is 15.8. The van der Waals surface area contributed by atoms with E-state index in [0.717, 1.165) is 12.1 Å². The van der Waals surface area contributed by atoms with Crippen LogP contribution < -0.4 is 4.72 Å². The number of carbonyl (C=O) groups excluding carboxylic acids is 1. The summed E-state index contributed by atoms with van der Waals surface area (Å²) in [7, 11) is -4.34. The highest BCUT2D eigenvalue weighted by Crippen LogP contribution is 2.29. The average Bonchev–Trinajstić information content (AvgIpc) is 3.07.